The van der Waals surface area contributed by atoms with Gasteiger partial charge >= 0.3 is 5.97 Å². The van der Waals surface area contributed by atoms with Crippen molar-refractivity contribution in [3.8, 4) is 5.88 Å². The van der Waals surface area contributed by atoms with Gasteiger partial charge in [-0.3, -0.25) is 9.59 Å². The number of carboxylic acid groups (broad SMARTS) is 1. The number of ether oxygens (including phenoxy) is 1. The molecule has 0 radical (unpaired) electrons. The average molecular weight is 340 g/mol. The van der Waals surface area contributed by atoms with Gasteiger partial charge in [0.25, 0.3) is 5.91 Å². The summed E-state index contributed by atoms with van der Waals surface area (Å²) in [5.41, 5.74) is 0.584. The Bertz CT molecular complexity index is 778. The van der Waals surface area contributed by atoms with Crippen LogP contribution in [0.4, 0.5) is 0 Å². The van der Waals surface area contributed by atoms with Crippen LogP contribution in [0.5, 0.6) is 5.88 Å². The summed E-state index contributed by atoms with van der Waals surface area (Å²) in [6.45, 7) is 2.68. The molecule has 1 fully saturated rings. The van der Waals surface area contributed by atoms with Gasteiger partial charge in [-0.2, -0.15) is 0 Å². The Morgan fingerprint density at radius 2 is 2.04 bits per heavy atom. The number of aromatic nitrogens is 1. The Kier molecular flexibility index (Phi) is 4.70. The fourth-order valence-electron chi connectivity index (χ4n) is 2.84. The Labute approximate surface area is 146 Å². The van der Waals surface area contributed by atoms with E-state index < -0.39 is 11.4 Å². The fraction of sp³-hybridized carbons (Fsp3) is 0.316. The van der Waals surface area contributed by atoms with Crippen molar-refractivity contribution in [1.29, 1.82) is 0 Å². The van der Waals surface area contributed by atoms with Crippen molar-refractivity contribution in [3.63, 3.8) is 0 Å². The van der Waals surface area contributed by atoms with Gasteiger partial charge in [-0.25, -0.2) is 4.98 Å². The predicted molar refractivity (Wildman–Crippen MR) is 91.3 cm³/mol. The van der Waals surface area contributed by atoms with E-state index in [4.69, 9.17) is 4.74 Å². The van der Waals surface area contributed by atoms with Crippen LogP contribution in [0, 0.1) is 5.41 Å². The lowest BCUT2D eigenvalue weighted by molar-refractivity contribution is -0.147. The van der Waals surface area contributed by atoms with Crippen LogP contribution in [0.1, 0.15) is 29.3 Å². The minimum Gasteiger partial charge on any atom is -0.481 e. The lowest BCUT2D eigenvalue weighted by atomic mass is 9.90. The van der Waals surface area contributed by atoms with Crippen LogP contribution in [0.3, 0.4) is 0 Å². The summed E-state index contributed by atoms with van der Waals surface area (Å²) < 4.78 is 5.65. The summed E-state index contributed by atoms with van der Waals surface area (Å²) in [5, 5.41) is 9.30. The van der Waals surface area contributed by atoms with Crippen molar-refractivity contribution in [2.24, 2.45) is 5.41 Å². The SMILES string of the molecule is CC1(C(=O)O)CCN(C(=O)c2ccnc(OCc3ccccc3)c2)C1. The maximum atomic E-state index is 12.6. The number of nitrogens with zero attached hydrogens (tertiary/aromatic N) is 2. The molecule has 2 aromatic rings. The van der Waals surface area contributed by atoms with E-state index in [-0.39, 0.29) is 12.5 Å². The largest absolute Gasteiger partial charge is 0.481 e. The molecule has 1 atom stereocenters. The Morgan fingerprint density at radius 3 is 2.72 bits per heavy atom. The molecule has 1 unspecified atom stereocenters. The molecule has 0 spiro atoms. The molecule has 1 aromatic carbocycles. The molecule has 25 heavy (non-hydrogen) atoms. The van der Waals surface area contributed by atoms with Crippen molar-refractivity contribution in [1.82, 2.24) is 9.88 Å². The monoisotopic (exact) mass is 340 g/mol. The van der Waals surface area contributed by atoms with Crippen molar-refractivity contribution in [3.05, 3.63) is 59.8 Å². The zero-order valence-electron chi connectivity index (χ0n) is 14.0. The lowest BCUT2D eigenvalue weighted by Gasteiger charge is -2.20. The highest BCUT2D eigenvalue weighted by molar-refractivity contribution is 5.95. The maximum absolute atomic E-state index is 12.6. The van der Waals surface area contributed by atoms with Crippen LogP contribution >= 0.6 is 0 Å². The molecule has 3 rings (SSSR count). The van der Waals surface area contributed by atoms with Gasteiger partial charge in [0.2, 0.25) is 5.88 Å². The molecule has 0 aliphatic carbocycles. The van der Waals surface area contributed by atoms with Gasteiger partial charge in [0.1, 0.15) is 6.61 Å². The van der Waals surface area contributed by atoms with Gasteiger partial charge < -0.3 is 14.7 Å². The molecular formula is C19H20N2O4. The standard InChI is InChI=1S/C19H20N2O4/c1-19(18(23)24)8-10-21(13-19)17(22)15-7-9-20-16(11-15)25-12-14-5-3-2-4-6-14/h2-7,9,11H,8,10,12-13H2,1H3,(H,23,24). The van der Waals surface area contributed by atoms with Gasteiger partial charge in [-0.1, -0.05) is 30.3 Å². The number of likely N-dealkylation sites (tertiary alicyclic amines) is 1. The summed E-state index contributed by atoms with van der Waals surface area (Å²) in [6, 6.07) is 12.9. The van der Waals surface area contributed by atoms with E-state index >= 15 is 0 Å². The van der Waals surface area contributed by atoms with Crippen molar-refractivity contribution in [2.75, 3.05) is 13.1 Å². The number of hydrogen-bond donors (Lipinski definition) is 1. The van der Waals surface area contributed by atoms with E-state index in [0.717, 1.165) is 5.56 Å². The van der Waals surface area contributed by atoms with Crippen LogP contribution < -0.4 is 4.74 Å². The highest BCUT2D eigenvalue weighted by atomic mass is 16.5. The molecule has 0 bridgehead atoms. The number of carbonyl (C=O) groups is 2. The minimum absolute atomic E-state index is 0.197. The van der Waals surface area contributed by atoms with Crippen LogP contribution in [0.15, 0.2) is 48.7 Å². The van der Waals surface area contributed by atoms with E-state index in [1.807, 2.05) is 30.3 Å². The van der Waals surface area contributed by atoms with Gasteiger partial charge in [-0.05, 0) is 25.0 Å². The van der Waals surface area contributed by atoms with E-state index in [1.165, 1.54) is 6.20 Å². The molecule has 1 amide bonds. The molecule has 6 heteroatoms. The van der Waals surface area contributed by atoms with E-state index in [9.17, 15) is 14.7 Å². The number of amides is 1. The topological polar surface area (TPSA) is 79.7 Å². The van der Waals surface area contributed by atoms with Crippen LogP contribution in [0.25, 0.3) is 0 Å². The zero-order chi connectivity index (χ0) is 17.9. The third-order valence-electron chi connectivity index (χ3n) is 4.49. The van der Waals surface area contributed by atoms with Gasteiger partial charge in [0.15, 0.2) is 0 Å². The second-order valence-electron chi connectivity index (χ2n) is 6.50. The van der Waals surface area contributed by atoms with Gasteiger partial charge in [-0.15, -0.1) is 0 Å². The van der Waals surface area contributed by atoms with Gasteiger partial charge in [0, 0.05) is 30.9 Å². The minimum atomic E-state index is -0.880. The smallest absolute Gasteiger partial charge is 0.311 e. The van der Waals surface area contributed by atoms with E-state index in [2.05, 4.69) is 4.98 Å². The normalized spacial score (nSPS) is 19.6. The van der Waals surface area contributed by atoms with Crippen molar-refractivity contribution < 1.29 is 19.4 Å². The summed E-state index contributed by atoms with van der Waals surface area (Å²) in [5.74, 6) is -0.698. The molecule has 0 saturated carbocycles. The number of rotatable bonds is 5. The number of carboxylic acids is 1. The van der Waals surface area contributed by atoms with Crippen LogP contribution in [0.2, 0.25) is 0 Å². The average Bonchev–Trinajstić information content (AvgIpc) is 3.04. The first kappa shape index (κ1) is 17.0. The Balaban J connectivity index is 1.67. The maximum Gasteiger partial charge on any atom is 0.311 e. The molecule has 6 nitrogen and oxygen atoms in total. The molecule has 1 aliphatic heterocycles. The summed E-state index contributed by atoms with van der Waals surface area (Å²) in [7, 11) is 0. The predicted octanol–water partition coefficient (Wildman–Crippen LogP) is 2.60. The summed E-state index contributed by atoms with van der Waals surface area (Å²) in [6.07, 6.45) is 1.98. The van der Waals surface area contributed by atoms with Crippen LogP contribution in [-0.4, -0.2) is 40.0 Å². The highest BCUT2D eigenvalue weighted by Crippen LogP contribution is 2.31. The first-order chi connectivity index (χ1) is 12.0. The zero-order valence-corrected chi connectivity index (χ0v) is 14.0. The third-order valence-corrected chi connectivity index (χ3v) is 4.49. The molecule has 1 saturated heterocycles. The third kappa shape index (κ3) is 3.79. The highest BCUT2D eigenvalue weighted by Gasteiger charge is 2.42. The molecule has 130 valence electrons. The van der Waals surface area contributed by atoms with Crippen LogP contribution in [-0.2, 0) is 11.4 Å². The van der Waals surface area contributed by atoms with E-state index in [1.54, 1.807) is 24.0 Å². The number of hydrogen-bond acceptors (Lipinski definition) is 4. The summed E-state index contributed by atoms with van der Waals surface area (Å²) >= 11 is 0. The molecule has 1 aliphatic rings. The Morgan fingerprint density at radius 1 is 1.28 bits per heavy atom. The summed E-state index contributed by atoms with van der Waals surface area (Å²) in [4.78, 5) is 29.7. The number of aliphatic carboxylic acids is 1. The second kappa shape index (κ2) is 6.93. The van der Waals surface area contributed by atoms with E-state index in [0.29, 0.717) is 31.0 Å². The molecule has 2 heterocycles. The molecule has 1 N–H and O–H groups in total. The number of benzene rings is 1. The second-order valence-corrected chi connectivity index (χ2v) is 6.50. The fourth-order valence-corrected chi connectivity index (χ4v) is 2.84. The first-order valence-electron chi connectivity index (χ1n) is 8.13. The van der Waals surface area contributed by atoms with Crippen molar-refractivity contribution >= 4 is 11.9 Å². The lowest BCUT2D eigenvalue weighted by Crippen LogP contribution is -2.34. The van der Waals surface area contributed by atoms with Crippen molar-refractivity contribution in [2.45, 2.75) is 20.0 Å². The molecular weight excluding hydrogens is 320 g/mol. The number of pyridine rings is 1. The quantitative estimate of drug-likeness (QED) is 0.905. The first-order valence-corrected chi connectivity index (χ1v) is 8.13. The van der Waals surface area contributed by atoms with Gasteiger partial charge in [0.05, 0.1) is 5.41 Å². The molecule has 1 aromatic heterocycles. The number of carbonyl (C=O) groups excluding carboxylic acids is 1. The Hall–Kier alpha value is -2.89.